The molecule has 0 saturated carbocycles. The van der Waals surface area contributed by atoms with E-state index in [1.165, 1.54) is 0 Å². The predicted molar refractivity (Wildman–Crippen MR) is 122 cm³/mol. The number of nitrogens with one attached hydrogen (secondary N) is 2. The number of H-pyrrole nitrogens is 1. The van der Waals surface area contributed by atoms with Crippen LogP contribution in [0.25, 0.3) is 33.2 Å². The van der Waals surface area contributed by atoms with Crippen LogP contribution < -0.4 is 10.1 Å². The highest BCUT2D eigenvalue weighted by molar-refractivity contribution is 6.07. The molecule has 2 aromatic carbocycles. The highest BCUT2D eigenvalue weighted by Gasteiger charge is 2.39. The van der Waals surface area contributed by atoms with Crippen LogP contribution in [0.5, 0.6) is 5.75 Å². The van der Waals surface area contributed by atoms with Crippen molar-refractivity contribution in [2.24, 2.45) is 0 Å². The van der Waals surface area contributed by atoms with Crippen molar-refractivity contribution in [1.82, 2.24) is 9.97 Å². The number of pyridine rings is 1. The summed E-state index contributed by atoms with van der Waals surface area (Å²) in [5.74, 6) is -1.39. The van der Waals surface area contributed by atoms with Crippen molar-refractivity contribution >= 4 is 22.6 Å². The molecule has 0 radical (unpaired) electrons. The highest BCUT2D eigenvalue weighted by atomic mass is 19.4. The summed E-state index contributed by atoms with van der Waals surface area (Å²) in [6.07, 6.45) is 0.207. The van der Waals surface area contributed by atoms with Gasteiger partial charge in [-0.25, -0.2) is 0 Å². The number of anilines is 1. The Kier molecular flexibility index (Phi) is 6.35. The van der Waals surface area contributed by atoms with Crippen molar-refractivity contribution in [2.45, 2.75) is 25.9 Å². The van der Waals surface area contributed by atoms with E-state index in [1.54, 1.807) is 48.8 Å². The van der Waals surface area contributed by atoms with Gasteiger partial charge in [0.05, 0.1) is 6.61 Å². The maximum absolute atomic E-state index is 13.0. The molecule has 0 fully saturated rings. The van der Waals surface area contributed by atoms with Gasteiger partial charge >= 0.3 is 12.1 Å². The Labute approximate surface area is 188 Å². The molecule has 170 valence electrons. The van der Waals surface area contributed by atoms with Gasteiger partial charge in [0.15, 0.2) is 0 Å². The Morgan fingerprint density at radius 3 is 2.55 bits per heavy atom. The number of ether oxygens (including phenoxy) is 1. The summed E-state index contributed by atoms with van der Waals surface area (Å²) >= 11 is 0. The first-order valence-corrected chi connectivity index (χ1v) is 10.5. The lowest BCUT2D eigenvalue weighted by atomic mass is 9.97. The molecule has 0 bridgehead atoms. The minimum Gasteiger partial charge on any atom is -0.493 e. The average Bonchev–Trinajstić information content (AvgIpc) is 3.17. The van der Waals surface area contributed by atoms with Crippen molar-refractivity contribution < 1.29 is 22.7 Å². The molecule has 0 aliphatic heterocycles. The smallest absolute Gasteiger partial charge is 0.471 e. The molecule has 2 aromatic heterocycles. The Hall–Kier alpha value is -3.81. The predicted octanol–water partition coefficient (Wildman–Crippen LogP) is 6.58. The van der Waals surface area contributed by atoms with Gasteiger partial charge in [-0.2, -0.15) is 13.2 Å². The second-order valence-corrected chi connectivity index (χ2v) is 7.52. The van der Waals surface area contributed by atoms with Crippen LogP contribution in [0, 0.1) is 0 Å². The van der Waals surface area contributed by atoms with Crippen LogP contribution in [0.4, 0.5) is 19.0 Å². The van der Waals surface area contributed by atoms with Crippen LogP contribution in [-0.4, -0.2) is 28.7 Å². The normalized spacial score (nSPS) is 11.5. The van der Waals surface area contributed by atoms with Crippen LogP contribution in [0.1, 0.15) is 19.8 Å². The van der Waals surface area contributed by atoms with Crippen LogP contribution in [0.3, 0.4) is 0 Å². The number of hydrogen-bond donors (Lipinski definition) is 2. The highest BCUT2D eigenvalue weighted by Crippen LogP contribution is 2.40. The number of unbranched alkanes of at least 4 members (excludes halogenated alkanes) is 1. The molecule has 2 heterocycles. The van der Waals surface area contributed by atoms with Crippen molar-refractivity contribution in [3.63, 3.8) is 0 Å². The van der Waals surface area contributed by atoms with Crippen molar-refractivity contribution in [2.75, 3.05) is 11.9 Å². The lowest BCUT2D eigenvalue weighted by molar-refractivity contribution is -0.167. The van der Waals surface area contributed by atoms with E-state index in [-0.39, 0.29) is 5.82 Å². The van der Waals surface area contributed by atoms with E-state index in [1.807, 2.05) is 23.5 Å². The third-order valence-corrected chi connectivity index (χ3v) is 5.22. The number of hydrogen-bond acceptors (Lipinski definition) is 3. The van der Waals surface area contributed by atoms with Crippen LogP contribution in [-0.2, 0) is 4.79 Å². The molecule has 0 aliphatic carbocycles. The second kappa shape index (κ2) is 9.36. The van der Waals surface area contributed by atoms with Crippen LogP contribution in [0.2, 0.25) is 0 Å². The zero-order valence-corrected chi connectivity index (χ0v) is 17.9. The van der Waals surface area contributed by atoms with Crippen molar-refractivity contribution in [3.8, 4) is 28.0 Å². The number of para-hydroxylation sites is 1. The summed E-state index contributed by atoms with van der Waals surface area (Å²) in [5, 5.41) is 2.68. The summed E-state index contributed by atoms with van der Waals surface area (Å²) in [5.41, 5.74) is 3.36. The van der Waals surface area contributed by atoms with Gasteiger partial charge in [0, 0.05) is 34.4 Å². The first-order valence-electron chi connectivity index (χ1n) is 10.5. The number of carbonyl (C=O) groups excluding carboxylic acids is 1. The molecule has 0 saturated heterocycles. The van der Waals surface area contributed by atoms with Crippen LogP contribution in [0.15, 0.2) is 67.0 Å². The molecule has 0 atom stereocenters. The third kappa shape index (κ3) is 4.84. The van der Waals surface area contributed by atoms with Crippen LogP contribution >= 0.6 is 0 Å². The van der Waals surface area contributed by atoms with E-state index in [0.29, 0.717) is 34.4 Å². The number of nitrogens with zero attached hydrogens (tertiary/aromatic N) is 1. The van der Waals surface area contributed by atoms with Gasteiger partial charge in [0.25, 0.3) is 0 Å². The summed E-state index contributed by atoms with van der Waals surface area (Å²) in [7, 11) is 0. The number of amides is 1. The summed E-state index contributed by atoms with van der Waals surface area (Å²) in [6.45, 7) is 2.62. The molecule has 5 nitrogen and oxygen atoms in total. The molecule has 4 aromatic rings. The number of aromatic nitrogens is 2. The second-order valence-electron chi connectivity index (χ2n) is 7.52. The fourth-order valence-corrected chi connectivity index (χ4v) is 3.61. The monoisotopic (exact) mass is 453 g/mol. The maximum Gasteiger partial charge on any atom is 0.471 e. The van der Waals surface area contributed by atoms with Gasteiger partial charge in [-0.3, -0.25) is 9.78 Å². The number of alkyl halides is 3. The van der Waals surface area contributed by atoms with Gasteiger partial charge in [0.2, 0.25) is 0 Å². The zero-order valence-electron chi connectivity index (χ0n) is 17.9. The van der Waals surface area contributed by atoms with Gasteiger partial charge in [-0.05, 0) is 47.9 Å². The lowest BCUT2D eigenvalue weighted by Gasteiger charge is -2.15. The molecule has 0 spiro atoms. The maximum atomic E-state index is 13.0. The number of rotatable bonds is 7. The van der Waals surface area contributed by atoms with Gasteiger partial charge in [-0.1, -0.05) is 37.6 Å². The Balaban J connectivity index is 1.85. The Bertz CT molecular complexity index is 1270. The minimum absolute atomic E-state index is 0.0149. The molecule has 8 heteroatoms. The minimum atomic E-state index is -5.01. The Morgan fingerprint density at radius 2 is 1.82 bits per heavy atom. The molecule has 33 heavy (non-hydrogen) atoms. The number of benzene rings is 2. The average molecular weight is 453 g/mol. The van der Waals surface area contributed by atoms with Crippen molar-refractivity contribution in [3.05, 3.63) is 67.0 Å². The lowest BCUT2D eigenvalue weighted by Crippen LogP contribution is -2.30. The Morgan fingerprint density at radius 1 is 1.06 bits per heavy atom. The van der Waals surface area contributed by atoms with E-state index in [4.69, 9.17) is 4.74 Å². The van der Waals surface area contributed by atoms with Crippen molar-refractivity contribution in [1.29, 1.82) is 0 Å². The molecular weight excluding hydrogens is 431 g/mol. The van der Waals surface area contributed by atoms with Gasteiger partial charge in [-0.15, -0.1) is 0 Å². The molecule has 1 amide bonds. The standard InChI is InChI=1S/C25H22F3N3O2/c1-2-3-14-33-21-9-8-17(15-19(21)16-10-12-29-13-11-16)22-18-6-4-5-7-20(18)30-23(22)31-24(32)25(26,27)28/h4-13,15,30H,2-3,14H2,1H3,(H,31,32). The number of fused-ring (bicyclic) bond motifs is 1. The van der Waals surface area contributed by atoms with E-state index in [0.717, 1.165) is 24.0 Å². The molecule has 0 unspecified atom stereocenters. The quantitative estimate of drug-likeness (QED) is 0.311. The van der Waals surface area contributed by atoms with E-state index >= 15 is 0 Å². The zero-order chi connectivity index (χ0) is 23.4. The van der Waals surface area contributed by atoms with E-state index in [9.17, 15) is 18.0 Å². The number of halogens is 3. The SMILES string of the molecule is CCCCOc1ccc(-c2c(NC(=O)C(F)(F)F)[nH]c3ccccc23)cc1-c1ccncc1. The summed E-state index contributed by atoms with van der Waals surface area (Å²) in [6, 6.07) is 16.2. The fourth-order valence-electron chi connectivity index (χ4n) is 3.61. The van der Waals surface area contributed by atoms with E-state index in [2.05, 4.69) is 16.9 Å². The van der Waals surface area contributed by atoms with Gasteiger partial charge < -0.3 is 15.0 Å². The number of carbonyl (C=O) groups is 1. The molecular formula is C25H22F3N3O2. The number of aromatic amines is 1. The largest absolute Gasteiger partial charge is 0.493 e. The molecule has 4 rings (SSSR count). The third-order valence-electron chi connectivity index (χ3n) is 5.22. The van der Waals surface area contributed by atoms with Gasteiger partial charge in [0.1, 0.15) is 11.6 Å². The molecule has 2 N–H and O–H groups in total. The summed E-state index contributed by atoms with van der Waals surface area (Å²) in [4.78, 5) is 18.7. The first-order chi connectivity index (χ1) is 15.9. The first kappa shape index (κ1) is 22.4. The fraction of sp³-hybridized carbons (Fsp3) is 0.200. The topological polar surface area (TPSA) is 67.0 Å². The van der Waals surface area contributed by atoms with E-state index < -0.39 is 12.1 Å². The summed E-state index contributed by atoms with van der Waals surface area (Å²) < 4.78 is 44.9. The molecule has 0 aliphatic rings.